The second kappa shape index (κ2) is 11.3. The van der Waals surface area contributed by atoms with Crippen molar-refractivity contribution in [3.63, 3.8) is 0 Å². The van der Waals surface area contributed by atoms with Crippen LogP contribution in [0.5, 0.6) is 5.88 Å². The number of halogens is 7. The third-order valence-corrected chi connectivity index (χ3v) is 7.17. The van der Waals surface area contributed by atoms with Crippen molar-refractivity contribution in [2.75, 3.05) is 37.5 Å². The minimum atomic E-state index is -5.05. The van der Waals surface area contributed by atoms with Crippen LogP contribution < -0.4 is 20.5 Å². The largest absolute Gasteiger partial charge is 0.481 e. The minimum Gasteiger partial charge on any atom is -0.481 e. The first kappa shape index (κ1) is 30.8. The molecule has 15 heteroatoms. The van der Waals surface area contributed by atoms with E-state index in [0.717, 1.165) is 25.4 Å². The molecular weight excluding hydrogens is 575 g/mol. The molecule has 2 N–H and O–H groups in total. The molecule has 8 nitrogen and oxygen atoms in total. The number of aromatic amines is 1. The number of anilines is 2. The highest BCUT2D eigenvalue weighted by Crippen LogP contribution is 2.41. The maximum Gasteiger partial charge on any atom is 0.421 e. The summed E-state index contributed by atoms with van der Waals surface area (Å²) < 4.78 is 102. The zero-order chi connectivity index (χ0) is 31.1. The lowest BCUT2D eigenvalue weighted by molar-refractivity contribution is -0.139. The van der Waals surface area contributed by atoms with Crippen LogP contribution in [0.1, 0.15) is 35.3 Å². The van der Waals surface area contributed by atoms with E-state index in [9.17, 15) is 35.9 Å². The SMILES string of the molecule is COc1ncc(-c2cc(NC(=O)c3c[nH]c(=O)cc3C(F)(F)F)c(N3CC(C)N(C)C(C)C3)cc2F)cc1C(F)(F)F. The molecule has 3 heterocycles. The van der Waals surface area contributed by atoms with E-state index < -0.39 is 57.8 Å². The molecule has 2 aromatic heterocycles. The number of carbonyl (C=O) groups is 1. The Morgan fingerprint density at radius 1 is 1.02 bits per heavy atom. The minimum absolute atomic E-state index is 0.0452. The van der Waals surface area contributed by atoms with E-state index in [-0.39, 0.29) is 35.1 Å². The Bertz CT molecular complexity index is 1540. The number of alkyl halides is 6. The second-order valence-electron chi connectivity index (χ2n) is 9.97. The molecule has 1 amide bonds. The van der Waals surface area contributed by atoms with E-state index in [1.807, 2.05) is 25.9 Å². The van der Waals surface area contributed by atoms with Gasteiger partial charge in [0.2, 0.25) is 11.4 Å². The number of nitrogens with one attached hydrogen (secondary N) is 2. The number of rotatable bonds is 5. The van der Waals surface area contributed by atoms with Crippen molar-refractivity contribution in [2.24, 2.45) is 0 Å². The van der Waals surface area contributed by atoms with Crippen molar-refractivity contribution in [1.29, 1.82) is 0 Å². The lowest BCUT2D eigenvalue weighted by Crippen LogP contribution is -2.55. The Labute approximate surface area is 235 Å². The summed E-state index contributed by atoms with van der Waals surface area (Å²) in [6, 6.07) is 2.81. The van der Waals surface area contributed by atoms with Gasteiger partial charge in [0.25, 0.3) is 5.91 Å². The van der Waals surface area contributed by atoms with Gasteiger partial charge in [-0.2, -0.15) is 26.3 Å². The van der Waals surface area contributed by atoms with Crippen molar-refractivity contribution < 1.29 is 40.3 Å². The van der Waals surface area contributed by atoms with Gasteiger partial charge in [0.05, 0.1) is 29.6 Å². The van der Waals surface area contributed by atoms with E-state index in [4.69, 9.17) is 0 Å². The molecular formula is C27H26F7N5O3. The number of hydrogen-bond acceptors (Lipinski definition) is 6. The van der Waals surface area contributed by atoms with Gasteiger partial charge >= 0.3 is 12.4 Å². The average Bonchev–Trinajstić information content (AvgIpc) is 2.90. The smallest absolute Gasteiger partial charge is 0.421 e. The van der Waals surface area contributed by atoms with E-state index in [0.29, 0.717) is 25.4 Å². The number of piperazine rings is 1. The van der Waals surface area contributed by atoms with Crippen molar-refractivity contribution in [3.8, 4) is 17.0 Å². The number of carbonyl (C=O) groups excluding carboxylic acids is 1. The van der Waals surface area contributed by atoms with Crippen LogP contribution in [-0.4, -0.2) is 60.1 Å². The van der Waals surface area contributed by atoms with Crippen molar-refractivity contribution >= 4 is 17.3 Å². The van der Waals surface area contributed by atoms with Crippen LogP contribution in [0.15, 0.2) is 41.5 Å². The molecule has 2 atom stereocenters. The molecule has 0 saturated carbocycles. The van der Waals surface area contributed by atoms with Crippen LogP contribution in [0.3, 0.4) is 0 Å². The number of benzene rings is 1. The number of ether oxygens (including phenoxy) is 1. The van der Waals surface area contributed by atoms with Gasteiger partial charge in [-0.3, -0.25) is 14.5 Å². The van der Waals surface area contributed by atoms with Crippen LogP contribution >= 0.6 is 0 Å². The summed E-state index contributed by atoms with van der Waals surface area (Å²) in [5, 5.41) is 2.35. The summed E-state index contributed by atoms with van der Waals surface area (Å²) in [6.07, 6.45) is -8.40. The summed E-state index contributed by atoms with van der Waals surface area (Å²) in [5.41, 5.74) is -5.55. The van der Waals surface area contributed by atoms with Gasteiger partial charge in [-0.05, 0) is 39.1 Å². The molecule has 0 radical (unpaired) electrons. The monoisotopic (exact) mass is 601 g/mol. The van der Waals surface area contributed by atoms with E-state index in [1.54, 1.807) is 4.90 Å². The maximum absolute atomic E-state index is 15.6. The Kier molecular flexibility index (Phi) is 8.27. The van der Waals surface area contributed by atoms with E-state index in [2.05, 4.69) is 19.9 Å². The zero-order valence-electron chi connectivity index (χ0n) is 22.7. The van der Waals surface area contributed by atoms with Crippen molar-refractivity contribution in [2.45, 2.75) is 38.3 Å². The fourth-order valence-electron chi connectivity index (χ4n) is 4.80. The van der Waals surface area contributed by atoms with Crippen molar-refractivity contribution in [3.05, 3.63) is 69.5 Å². The van der Waals surface area contributed by atoms with Crippen LogP contribution in [0.2, 0.25) is 0 Å². The normalized spacial score (nSPS) is 18.2. The molecule has 226 valence electrons. The number of hydrogen-bond donors (Lipinski definition) is 2. The molecule has 3 aromatic rings. The quantitative estimate of drug-likeness (QED) is 0.381. The molecule has 1 fully saturated rings. The number of pyridine rings is 2. The number of methoxy groups -OCH3 is 1. The maximum atomic E-state index is 15.6. The topological polar surface area (TPSA) is 90.6 Å². The average molecular weight is 602 g/mol. The van der Waals surface area contributed by atoms with E-state index >= 15 is 4.39 Å². The molecule has 1 aliphatic rings. The fraction of sp³-hybridized carbons (Fsp3) is 0.370. The van der Waals surface area contributed by atoms with Gasteiger partial charge in [-0.1, -0.05) is 0 Å². The van der Waals surface area contributed by atoms with Crippen LogP contribution in [-0.2, 0) is 12.4 Å². The van der Waals surface area contributed by atoms with Crippen LogP contribution in [0, 0.1) is 5.82 Å². The summed E-state index contributed by atoms with van der Waals surface area (Å²) in [5.74, 6) is -2.98. The van der Waals surface area contributed by atoms with Gasteiger partial charge in [0, 0.05) is 54.8 Å². The van der Waals surface area contributed by atoms with Gasteiger partial charge in [-0.25, -0.2) is 9.37 Å². The molecule has 1 aliphatic heterocycles. The first-order valence-electron chi connectivity index (χ1n) is 12.5. The summed E-state index contributed by atoms with van der Waals surface area (Å²) in [7, 11) is 2.88. The first-order valence-corrected chi connectivity index (χ1v) is 12.5. The van der Waals surface area contributed by atoms with Gasteiger partial charge < -0.3 is 19.9 Å². The molecule has 1 aromatic carbocycles. The molecule has 1 saturated heterocycles. The van der Waals surface area contributed by atoms with Crippen LogP contribution in [0.25, 0.3) is 11.1 Å². The number of aromatic nitrogens is 2. The summed E-state index contributed by atoms with van der Waals surface area (Å²) >= 11 is 0. The lowest BCUT2D eigenvalue weighted by Gasteiger charge is -2.44. The van der Waals surface area contributed by atoms with Crippen molar-refractivity contribution in [1.82, 2.24) is 14.9 Å². The van der Waals surface area contributed by atoms with Gasteiger partial charge in [0.15, 0.2) is 0 Å². The zero-order valence-corrected chi connectivity index (χ0v) is 22.7. The molecule has 2 unspecified atom stereocenters. The predicted octanol–water partition coefficient (Wildman–Crippen LogP) is 5.40. The Balaban J connectivity index is 1.87. The Morgan fingerprint density at radius 3 is 2.21 bits per heavy atom. The highest BCUT2D eigenvalue weighted by Gasteiger charge is 2.38. The lowest BCUT2D eigenvalue weighted by atomic mass is 10.0. The first-order chi connectivity index (χ1) is 19.5. The highest BCUT2D eigenvalue weighted by atomic mass is 19.4. The Hall–Kier alpha value is -4.14. The molecule has 42 heavy (non-hydrogen) atoms. The van der Waals surface area contributed by atoms with Crippen LogP contribution in [0.4, 0.5) is 42.1 Å². The highest BCUT2D eigenvalue weighted by molar-refractivity contribution is 6.07. The number of likely N-dealkylation sites (N-methyl/N-ethyl adjacent to an activating group) is 1. The summed E-state index contributed by atoms with van der Waals surface area (Å²) in [6.45, 7) is 4.50. The standard InChI is InChI=1S/C27H26F7N5O3/c1-13-11-39(12-14(2)38(13)3)22-8-20(28)16(15-5-19(27(32,33)34)25(42-4)36-9-15)6-21(22)37-24(41)17-10-35-23(40)7-18(17)26(29,30)31/h5-10,13-14H,11-12H2,1-4H3,(H,35,40)(H,37,41). The number of amides is 1. The third-order valence-electron chi connectivity index (χ3n) is 7.17. The van der Waals surface area contributed by atoms with Gasteiger partial charge in [-0.15, -0.1) is 0 Å². The fourth-order valence-corrected chi connectivity index (χ4v) is 4.80. The predicted molar refractivity (Wildman–Crippen MR) is 140 cm³/mol. The Morgan fingerprint density at radius 2 is 1.64 bits per heavy atom. The second-order valence-corrected chi connectivity index (χ2v) is 9.97. The molecule has 4 rings (SSSR count). The molecule has 0 bridgehead atoms. The third kappa shape index (κ3) is 6.20. The summed E-state index contributed by atoms with van der Waals surface area (Å²) in [4.78, 5) is 34.2. The number of nitrogens with zero attached hydrogens (tertiary/aromatic N) is 3. The number of H-pyrrole nitrogens is 1. The van der Waals surface area contributed by atoms with E-state index in [1.165, 1.54) is 0 Å². The van der Waals surface area contributed by atoms with Gasteiger partial charge in [0.1, 0.15) is 11.4 Å². The molecule has 0 aliphatic carbocycles. The molecule has 0 spiro atoms.